The van der Waals surface area contributed by atoms with Crippen LogP contribution < -0.4 is 10.2 Å². The molecule has 2 aromatic heterocycles. The first kappa shape index (κ1) is 20.1. The van der Waals surface area contributed by atoms with Gasteiger partial charge in [-0.25, -0.2) is 5.43 Å². The molecule has 0 aliphatic heterocycles. The Balaban J connectivity index is 1.61. The highest BCUT2D eigenvalue weighted by Gasteiger charge is 2.14. The van der Waals surface area contributed by atoms with Crippen LogP contribution in [0.4, 0.5) is 0 Å². The van der Waals surface area contributed by atoms with Crippen molar-refractivity contribution in [3.63, 3.8) is 0 Å². The van der Waals surface area contributed by atoms with Gasteiger partial charge in [-0.3, -0.25) is 4.79 Å². The second-order valence-electron chi connectivity index (χ2n) is 5.83. The zero-order chi connectivity index (χ0) is 19.9. The van der Waals surface area contributed by atoms with E-state index >= 15 is 0 Å². The summed E-state index contributed by atoms with van der Waals surface area (Å²) in [4.78, 5) is 13.1. The third-order valence-corrected chi connectivity index (χ3v) is 5.91. The Labute approximate surface area is 171 Å². The number of methoxy groups -OCH3 is 1. The van der Waals surface area contributed by atoms with Gasteiger partial charge in [0, 0.05) is 17.0 Å². The fraction of sp³-hybridized carbons (Fsp3) is 0.263. The van der Waals surface area contributed by atoms with Gasteiger partial charge in [0.1, 0.15) is 5.75 Å². The second kappa shape index (κ2) is 9.52. The van der Waals surface area contributed by atoms with E-state index in [2.05, 4.69) is 20.7 Å². The molecule has 9 heteroatoms. The second-order valence-corrected chi connectivity index (χ2v) is 7.72. The minimum absolute atomic E-state index is 0.188. The molecule has 0 atom stereocenters. The summed E-state index contributed by atoms with van der Waals surface area (Å²) in [6.45, 7) is 4.73. The first-order valence-corrected chi connectivity index (χ1v) is 10.5. The minimum atomic E-state index is -0.188. The van der Waals surface area contributed by atoms with Crippen molar-refractivity contribution >= 4 is 35.2 Å². The molecular formula is C19H21N5O2S2. The standard InChI is InChI=1S/C19H21N5O2S2/c1-4-24-18(14-5-7-15(26-3)8-6-14)22-23-19(24)28-12-17(25)21-20-11-16-13(2)9-10-27-16/h5-11H,4,12H2,1-3H3,(H,21,25)/b20-11-. The van der Waals surface area contributed by atoms with Crippen molar-refractivity contribution < 1.29 is 9.53 Å². The summed E-state index contributed by atoms with van der Waals surface area (Å²) in [6.07, 6.45) is 1.67. The van der Waals surface area contributed by atoms with Crippen LogP contribution in [0.15, 0.2) is 46.0 Å². The topological polar surface area (TPSA) is 81.4 Å². The SMILES string of the molecule is CCn1c(SCC(=O)N/N=C\c2sccc2C)nnc1-c1ccc(OC)cc1. The molecule has 3 rings (SSSR count). The number of thioether (sulfide) groups is 1. The van der Waals surface area contributed by atoms with Crippen LogP contribution in [-0.2, 0) is 11.3 Å². The number of ether oxygens (including phenoxy) is 1. The molecule has 146 valence electrons. The average Bonchev–Trinajstić information content (AvgIpc) is 3.32. The van der Waals surface area contributed by atoms with Crippen molar-refractivity contribution in [2.45, 2.75) is 25.5 Å². The third-order valence-electron chi connectivity index (χ3n) is 3.99. The van der Waals surface area contributed by atoms with Crippen molar-refractivity contribution in [1.29, 1.82) is 0 Å². The summed E-state index contributed by atoms with van der Waals surface area (Å²) >= 11 is 2.92. The van der Waals surface area contributed by atoms with Crippen molar-refractivity contribution in [3.05, 3.63) is 46.2 Å². The number of benzene rings is 1. The van der Waals surface area contributed by atoms with Crippen molar-refractivity contribution in [1.82, 2.24) is 20.2 Å². The van der Waals surface area contributed by atoms with Crippen LogP contribution in [0.1, 0.15) is 17.4 Å². The van der Waals surface area contributed by atoms with Crippen LogP contribution in [0.5, 0.6) is 5.75 Å². The van der Waals surface area contributed by atoms with E-state index in [1.807, 2.05) is 54.1 Å². The van der Waals surface area contributed by atoms with E-state index in [9.17, 15) is 4.79 Å². The van der Waals surface area contributed by atoms with Crippen molar-refractivity contribution in [2.24, 2.45) is 5.10 Å². The van der Waals surface area contributed by atoms with Gasteiger partial charge in [-0.1, -0.05) is 11.8 Å². The van der Waals surface area contributed by atoms with Gasteiger partial charge in [0.15, 0.2) is 11.0 Å². The number of carbonyl (C=O) groups excluding carboxylic acids is 1. The first-order chi connectivity index (χ1) is 13.6. The van der Waals surface area contributed by atoms with Crippen LogP contribution in [0.2, 0.25) is 0 Å². The van der Waals surface area contributed by atoms with Gasteiger partial charge >= 0.3 is 0 Å². The first-order valence-electron chi connectivity index (χ1n) is 8.68. The normalized spacial score (nSPS) is 11.1. The Kier molecular flexibility index (Phi) is 6.83. The number of nitrogens with one attached hydrogen (secondary N) is 1. The lowest BCUT2D eigenvalue weighted by Crippen LogP contribution is -2.20. The molecule has 0 bridgehead atoms. The molecule has 7 nitrogen and oxygen atoms in total. The monoisotopic (exact) mass is 415 g/mol. The maximum atomic E-state index is 12.1. The maximum Gasteiger partial charge on any atom is 0.250 e. The van der Waals surface area contributed by atoms with Gasteiger partial charge in [-0.2, -0.15) is 5.10 Å². The smallest absolute Gasteiger partial charge is 0.250 e. The Bertz CT molecular complexity index is 963. The quantitative estimate of drug-likeness (QED) is 0.345. The number of carbonyl (C=O) groups is 1. The maximum absolute atomic E-state index is 12.1. The number of aromatic nitrogens is 3. The van der Waals surface area contributed by atoms with Crippen LogP contribution in [-0.4, -0.2) is 39.7 Å². The lowest BCUT2D eigenvalue weighted by atomic mass is 10.2. The number of rotatable bonds is 8. The van der Waals surface area contributed by atoms with Crippen LogP contribution >= 0.6 is 23.1 Å². The molecule has 0 aliphatic rings. The summed E-state index contributed by atoms with van der Waals surface area (Å²) in [6, 6.07) is 9.67. The van der Waals surface area contributed by atoms with Gasteiger partial charge in [0.2, 0.25) is 0 Å². The molecule has 0 unspecified atom stereocenters. The highest BCUT2D eigenvalue weighted by Crippen LogP contribution is 2.25. The Morgan fingerprint density at radius 1 is 1.32 bits per heavy atom. The summed E-state index contributed by atoms with van der Waals surface area (Å²) < 4.78 is 7.18. The van der Waals surface area contributed by atoms with Gasteiger partial charge < -0.3 is 9.30 Å². The number of amides is 1. The average molecular weight is 416 g/mol. The number of hydrogen-bond donors (Lipinski definition) is 1. The summed E-state index contributed by atoms with van der Waals surface area (Å²) in [5.74, 6) is 1.57. The fourth-order valence-corrected chi connectivity index (χ4v) is 4.06. The van der Waals surface area contributed by atoms with E-state index in [1.54, 1.807) is 24.7 Å². The van der Waals surface area contributed by atoms with E-state index in [0.717, 1.165) is 27.6 Å². The van der Waals surface area contributed by atoms with E-state index in [-0.39, 0.29) is 11.7 Å². The van der Waals surface area contributed by atoms with Crippen LogP contribution in [0.25, 0.3) is 11.4 Å². The van der Waals surface area contributed by atoms with Crippen molar-refractivity contribution in [2.75, 3.05) is 12.9 Å². The summed E-state index contributed by atoms with van der Waals surface area (Å²) in [5, 5.41) is 15.2. The molecule has 1 amide bonds. The molecule has 1 aromatic carbocycles. The molecule has 2 heterocycles. The zero-order valence-electron chi connectivity index (χ0n) is 15.9. The molecule has 3 aromatic rings. The molecule has 28 heavy (non-hydrogen) atoms. The van der Waals surface area contributed by atoms with E-state index in [1.165, 1.54) is 11.8 Å². The Morgan fingerprint density at radius 3 is 2.75 bits per heavy atom. The number of hydrazone groups is 1. The highest BCUT2D eigenvalue weighted by atomic mass is 32.2. The van der Waals surface area contributed by atoms with Gasteiger partial charge in [0.25, 0.3) is 5.91 Å². The van der Waals surface area contributed by atoms with Gasteiger partial charge in [-0.15, -0.1) is 21.5 Å². The highest BCUT2D eigenvalue weighted by molar-refractivity contribution is 7.99. The van der Waals surface area contributed by atoms with Crippen LogP contribution in [0.3, 0.4) is 0 Å². The van der Waals surface area contributed by atoms with Crippen molar-refractivity contribution in [3.8, 4) is 17.1 Å². The predicted octanol–water partition coefficient (Wildman–Crippen LogP) is 3.59. The summed E-state index contributed by atoms with van der Waals surface area (Å²) in [7, 11) is 1.63. The Morgan fingerprint density at radius 2 is 2.11 bits per heavy atom. The zero-order valence-corrected chi connectivity index (χ0v) is 17.5. The lowest BCUT2D eigenvalue weighted by Gasteiger charge is -2.07. The molecule has 0 radical (unpaired) electrons. The molecule has 0 fully saturated rings. The predicted molar refractivity (Wildman–Crippen MR) is 113 cm³/mol. The largest absolute Gasteiger partial charge is 0.497 e. The molecular weight excluding hydrogens is 394 g/mol. The number of thiophene rings is 1. The molecule has 1 N–H and O–H groups in total. The van der Waals surface area contributed by atoms with Crippen LogP contribution in [0, 0.1) is 6.92 Å². The summed E-state index contributed by atoms with van der Waals surface area (Å²) in [5.41, 5.74) is 4.64. The minimum Gasteiger partial charge on any atom is -0.497 e. The number of nitrogens with zero attached hydrogens (tertiary/aromatic N) is 4. The van der Waals surface area contributed by atoms with E-state index < -0.39 is 0 Å². The third kappa shape index (κ3) is 4.79. The Hall–Kier alpha value is -2.65. The van der Waals surface area contributed by atoms with Gasteiger partial charge in [0.05, 0.1) is 19.1 Å². The lowest BCUT2D eigenvalue weighted by molar-refractivity contribution is -0.118. The molecule has 0 spiro atoms. The van der Waals surface area contributed by atoms with E-state index in [0.29, 0.717) is 11.7 Å². The molecule has 0 aliphatic carbocycles. The fourth-order valence-electron chi connectivity index (χ4n) is 2.48. The van der Waals surface area contributed by atoms with Gasteiger partial charge in [-0.05, 0) is 55.1 Å². The number of aryl methyl sites for hydroxylation is 1. The molecule has 0 saturated heterocycles. The number of hydrogen-bond acceptors (Lipinski definition) is 7. The molecule has 0 saturated carbocycles. The van der Waals surface area contributed by atoms with E-state index in [4.69, 9.17) is 4.74 Å².